The van der Waals surface area contributed by atoms with Gasteiger partial charge in [-0.3, -0.25) is 9.59 Å². The zero-order chi connectivity index (χ0) is 40.7. The van der Waals surface area contributed by atoms with E-state index in [9.17, 15) is 9.59 Å². The van der Waals surface area contributed by atoms with Gasteiger partial charge >= 0.3 is 11.9 Å². The summed E-state index contributed by atoms with van der Waals surface area (Å²) in [6.45, 7) is 7.64. The van der Waals surface area contributed by atoms with Gasteiger partial charge in [0.15, 0.2) is 6.10 Å². The van der Waals surface area contributed by atoms with Crippen molar-refractivity contribution < 1.29 is 23.8 Å². The van der Waals surface area contributed by atoms with Gasteiger partial charge in [-0.1, -0.05) is 216 Å². The SMILES string of the molecule is CC/C=C\C/C=C\C/C=C\C/C=C\C/C=C\CCCC(=O)OCC(COCCCCCCCCCCCCCCCCCC)OC(=O)CCCCCCCCC. The molecule has 0 aromatic heterocycles. The molecular formula is C51H90O5. The Balaban J connectivity index is 4.21. The molecule has 0 aliphatic heterocycles. The Morgan fingerprint density at radius 1 is 0.411 bits per heavy atom. The van der Waals surface area contributed by atoms with Gasteiger partial charge in [-0.05, 0) is 57.8 Å². The number of unbranched alkanes of at least 4 members (excludes halogenated alkanes) is 22. The van der Waals surface area contributed by atoms with E-state index in [2.05, 4.69) is 81.5 Å². The Kier molecular flexibility index (Phi) is 45.0. The molecule has 0 aromatic rings. The lowest BCUT2D eigenvalue weighted by Gasteiger charge is -2.18. The van der Waals surface area contributed by atoms with Crippen LogP contribution in [-0.2, 0) is 23.8 Å². The topological polar surface area (TPSA) is 61.8 Å². The van der Waals surface area contributed by atoms with Crippen LogP contribution in [0.15, 0.2) is 60.8 Å². The van der Waals surface area contributed by atoms with Crippen molar-refractivity contribution >= 4 is 11.9 Å². The van der Waals surface area contributed by atoms with E-state index < -0.39 is 6.10 Å². The lowest BCUT2D eigenvalue weighted by molar-refractivity contribution is -0.163. The normalized spacial score (nSPS) is 12.7. The first kappa shape index (κ1) is 53.6. The summed E-state index contributed by atoms with van der Waals surface area (Å²) in [4.78, 5) is 25.1. The molecule has 0 amide bonds. The quantitative estimate of drug-likeness (QED) is 0.0350. The molecule has 1 unspecified atom stereocenters. The molecule has 324 valence electrons. The van der Waals surface area contributed by atoms with Gasteiger partial charge in [-0.2, -0.15) is 0 Å². The standard InChI is InChI=1S/C51H90O5/c1-4-7-10-13-16-18-20-22-24-26-27-29-31-33-36-38-41-44-50(52)55-48-49(56-51(53)45-42-39-35-15-12-9-6-3)47-54-46-43-40-37-34-32-30-28-25-23-21-19-17-14-11-8-5-2/h7,10,16,18,22,24,27,29,33,36,49H,4-6,8-9,11-15,17,19-21,23,25-26,28,30-32,34-35,37-48H2,1-3H3/b10-7-,18-16-,24-22-,29-27-,36-33-. The highest BCUT2D eigenvalue weighted by Crippen LogP contribution is 2.14. The molecule has 0 N–H and O–H groups in total. The van der Waals surface area contributed by atoms with E-state index in [1.165, 1.54) is 116 Å². The maximum Gasteiger partial charge on any atom is 0.306 e. The minimum Gasteiger partial charge on any atom is -0.462 e. The van der Waals surface area contributed by atoms with Gasteiger partial charge in [0, 0.05) is 19.4 Å². The highest BCUT2D eigenvalue weighted by atomic mass is 16.6. The Labute approximate surface area is 347 Å². The van der Waals surface area contributed by atoms with Crippen LogP contribution in [0.4, 0.5) is 0 Å². The van der Waals surface area contributed by atoms with Crippen LogP contribution in [0.2, 0.25) is 0 Å². The molecule has 0 saturated heterocycles. The first-order valence-corrected chi connectivity index (χ1v) is 23.8. The molecule has 0 heterocycles. The summed E-state index contributed by atoms with van der Waals surface area (Å²) in [5.74, 6) is -0.465. The van der Waals surface area contributed by atoms with Crippen LogP contribution < -0.4 is 0 Å². The van der Waals surface area contributed by atoms with E-state index in [1.807, 2.05) is 0 Å². The molecule has 0 aromatic carbocycles. The molecular weight excluding hydrogens is 693 g/mol. The van der Waals surface area contributed by atoms with E-state index in [0.29, 0.717) is 19.4 Å². The van der Waals surface area contributed by atoms with Crippen molar-refractivity contribution in [2.24, 2.45) is 0 Å². The Morgan fingerprint density at radius 2 is 0.804 bits per heavy atom. The summed E-state index contributed by atoms with van der Waals surface area (Å²) in [6.07, 6.45) is 58.1. The number of carbonyl (C=O) groups is 2. The third-order valence-electron chi connectivity index (χ3n) is 10.1. The number of ether oxygens (including phenoxy) is 3. The minimum absolute atomic E-state index is 0.0578. The van der Waals surface area contributed by atoms with Crippen molar-refractivity contribution in [2.75, 3.05) is 19.8 Å². The van der Waals surface area contributed by atoms with Crippen LogP contribution in [0.3, 0.4) is 0 Å². The fourth-order valence-electron chi connectivity index (χ4n) is 6.55. The predicted molar refractivity (Wildman–Crippen MR) is 242 cm³/mol. The first-order chi connectivity index (χ1) is 27.6. The summed E-state index contributed by atoms with van der Waals surface area (Å²) in [5, 5.41) is 0. The van der Waals surface area contributed by atoms with Gasteiger partial charge < -0.3 is 14.2 Å². The van der Waals surface area contributed by atoms with Crippen LogP contribution >= 0.6 is 0 Å². The molecule has 0 bridgehead atoms. The van der Waals surface area contributed by atoms with Crippen molar-refractivity contribution in [2.45, 2.75) is 232 Å². The van der Waals surface area contributed by atoms with E-state index in [1.54, 1.807) is 0 Å². The third-order valence-corrected chi connectivity index (χ3v) is 10.1. The average molecular weight is 783 g/mol. The largest absolute Gasteiger partial charge is 0.462 e. The van der Waals surface area contributed by atoms with E-state index in [0.717, 1.165) is 77.0 Å². The number of carbonyl (C=O) groups excluding carboxylic acids is 2. The van der Waals surface area contributed by atoms with Crippen molar-refractivity contribution in [3.8, 4) is 0 Å². The van der Waals surface area contributed by atoms with Gasteiger partial charge in [0.2, 0.25) is 0 Å². The molecule has 0 aliphatic carbocycles. The maximum absolute atomic E-state index is 12.6. The molecule has 0 fully saturated rings. The average Bonchev–Trinajstić information content (AvgIpc) is 3.20. The molecule has 0 spiro atoms. The van der Waals surface area contributed by atoms with Crippen molar-refractivity contribution in [3.05, 3.63) is 60.8 Å². The van der Waals surface area contributed by atoms with Crippen molar-refractivity contribution in [1.82, 2.24) is 0 Å². The Bertz CT molecular complexity index is 977. The van der Waals surface area contributed by atoms with Crippen LogP contribution in [0, 0.1) is 0 Å². The van der Waals surface area contributed by atoms with Gasteiger partial charge in [0.25, 0.3) is 0 Å². The summed E-state index contributed by atoms with van der Waals surface area (Å²) < 4.78 is 17.2. The van der Waals surface area contributed by atoms with Crippen molar-refractivity contribution in [1.29, 1.82) is 0 Å². The smallest absolute Gasteiger partial charge is 0.306 e. The zero-order valence-corrected chi connectivity index (χ0v) is 37.1. The fourth-order valence-corrected chi connectivity index (χ4v) is 6.55. The highest BCUT2D eigenvalue weighted by molar-refractivity contribution is 5.70. The van der Waals surface area contributed by atoms with Crippen LogP contribution in [-0.4, -0.2) is 37.9 Å². The molecule has 56 heavy (non-hydrogen) atoms. The molecule has 5 heteroatoms. The first-order valence-electron chi connectivity index (χ1n) is 23.8. The van der Waals surface area contributed by atoms with Gasteiger partial charge in [0.1, 0.15) is 6.61 Å². The van der Waals surface area contributed by atoms with Gasteiger partial charge in [-0.15, -0.1) is 0 Å². The lowest BCUT2D eigenvalue weighted by Crippen LogP contribution is -2.30. The molecule has 0 saturated carbocycles. The Hall–Kier alpha value is -2.40. The summed E-state index contributed by atoms with van der Waals surface area (Å²) in [6, 6.07) is 0. The molecule has 1 atom stereocenters. The molecule has 0 rings (SSSR count). The summed E-state index contributed by atoms with van der Waals surface area (Å²) >= 11 is 0. The maximum atomic E-state index is 12.6. The lowest BCUT2D eigenvalue weighted by atomic mass is 10.0. The third kappa shape index (κ3) is 44.3. The fraction of sp³-hybridized carbons (Fsp3) is 0.765. The summed E-state index contributed by atoms with van der Waals surface area (Å²) in [5.41, 5.74) is 0. The van der Waals surface area contributed by atoms with E-state index in [-0.39, 0.29) is 25.2 Å². The number of hydrogen-bond donors (Lipinski definition) is 0. The Morgan fingerprint density at radius 3 is 1.27 bits per heavy atom. The van der Waals surface area contributed by atoms with Crippen LogP contribution in [0.5, 0.6) is 0 Å². The van der Waals surface area contributed by atoms with Crippen LogP contribution in [0.1, 0.15) is 226 Å². The molecule has 0 radical (unpaired) electrons. The molecule has 5 nitrogen and oxygen atoms in total. The van der Waals surface area contributed by atoms with Crippen LogP contribution in [0.25, 0.3) is 0 Å². The second kappa shape index (κ2) is 47.0. The minimum atomic E-state index is -0.553. The zero-order valence-electron chi connectivity index (χ0n) is 37.1. The summed E-state index contributed by atoms with van der Waals surface area (Å²) in [7, 11) is 0. The van der Waals surface area contributed by atoms with Gasteiger partial charge in [0.05, 0.1) is 6.61 Å². The van der Waals surface area contributed by atoms with Gasteiger partial charge in [-0.25, -0.2) is 0 Å². The number of rotatable bonds is 43. The number of allylic oxidation sites excluding steroid dienone is 10. The van der Waals surface area contributed by atoms with Crippen molar-refractivity contribution in [3.63, 3.8) is 0 Å². The number of esters is 2. The predicted octanol–water partition coefficient (Wildman–Crippen LogP) is 15.8. The van der Waals surface area contributed by atoms with E-state index in [4.69, 9.17) is 14.2 Å². The number of hydrogen-bond acceptors (Lipinski definition) is 5. The highest BCUT2D eigenvalue weighted by Gasteiger charge is 2.17. The second-order valence-electron chi connectivity index (χ2n) is 15.6. The molecule has 0 aliphatic rings. The van der Waals surface area contributed by atoms with E-state index >= 15 is 0 Å². The monoisotopic (exact) mass is 783 g/mol. The second-order valence-corrected chi connectivity index (χ2v) is 15.6.